The average molecular weight is 520 g/mol. The summed E-state index contributed by atoms with van der Waals surface area (Å²) >= 11 is 6.15. The summed E-state index contributed by atoms with van der Waals surface area (Å²) in [6, 6.07) is 11.8. The van der Waals surface area contributed by atoms with Crippen LogP contribution in [0.5, 0.6) is 0 Å². The monoisotopic (exact) mass is 519 g/mol. The van der Waals surface area contributed by atoms with Gasteiger partial charge in [0.25, 0.3) is 0 Å². The van der Waals surface area contributed by atoms with E-state index in [1.165, 1.54) is 4.90 Å². The van der Waals surface area contributed by atoms with Gasteiger partial charge in [0.15, 0.2) is 0 Å². The second kappa shape index (κ2) is 11.4. The minimum absolute atomic E-state index is 0.107. The molecule has 35 heavy (non-hydrogen) atoms. The Morgan fingerprint density at radius 2 is 1.80 bits per heavy atom. The Morgan fingerprint density at radius 3 is 2.40 bits per heavy atom. The second-order valence-corrected chi connectivity index (χ2v) is 11.7. The number of anilines is 1. The first-order valence-corrected chi connectivity index (χ1v) is 14.1. The molecule has 1 N–H and O–H groups in total. The number of amides is 2. The predicted molar refractivity (Wildman–Crippen MR) is 140 cm³/mol. The van der Waals surface area contributed by atoms with Gasteiger partial charge >= 0.3 is 0 Å². The van der Waals surface area contributed by atoms with Gasteiger partial charge in [-0.1, -0.05) is 54.3 Å². The van der Waals surface area contributed by atoms with Gasteiger partial charge in [-0.05, 0) is 62.9 Å². The molecule has 1 aliphatic carbocycles. The van der Waals surface area contributed by atoms with Gasteiger partial charge in [0.05, 0.1) is 11.9 Å². The molecule has 1 atom stereocenters. The number of sulfonamides is 1. The first-order valence-electron chi connectivity index (χ1n) is 11.8. The summed E-state index contributed by atoms with van der Waals surface area (Å²) < 4.78 is 26.6. The number of carbonyl (C=O) groups excluding carboxylic acids is 2. The lowest BCUT2D eigenvalue weighted by atomic mass is 10.1. The van der Waals surface area contributed by atoms with E-state index in [1.54, 1.807) is 31.2 Å². The van der Waals surface area contributed by atoms with Gasteiger partial charge in [-0.25, -0.2) is 8.42 Å². The highest BCUT2D eigenvalue weighted by Gasteiger charge is 2.31. The van der Waals surface area contributed by atoms with E-state index in [4.69, 9.17) is 11.6 Å². The lowest BCUT2D eigenvalue weighted by Gasteiger charge is -2.32. The lowest BCUT2D eigenvalue weighted by Crippen LogP contribution is -2.52. The zero-order valence-electron chi connectivity index (χ0n) is 20.8. The number of hydrogen-bond donors (Lipinski definition) is 1. The molecule has 1 unspecified atom stereocenters. The zero-order chi connectivity index (χ0) is 25.8. The summed E-state index contributed by atoms with van der Waals surface area (Å²) in [4.78, 5) is 28.1. The van der Waals surface area contributed by atoms with Crippen molar-refractivity contribution >= 4 is 39.1 Å². The average Bonchev–Trinajstić information content (AvgIpc) is 3.28. The van der Waals surface area contributed by atoms with Crippen molar-refractivity contribution in [2.45, 2.75) is 65.1 Å². The van der Waals surface area contributed by atoms with Crippen LogP contribution in [0.4, 0.5) is 5.69 Å². The molecule has 3 rings (SSSR count). The number of nitrogens with zero attached hydrogens (tertiary/aromatic N) is 2. The molecule has 2 aromatic carbocycles. The standard InChI is InChI=1S/C26H34ClN3O4S/c1-18-12-13-24(19(2)14-18)30(35(4,33)34)17-25(31)29(16-21-8-7-9-22(27)15-21)20(3)26(32)28-23-10-5-6-11-23/h7-9,12-15,20,23H,5-6,10-11,16-17H2,1-4H3,(H,28,32). The van der Waals surface area contributed by atoms with Crippen molar-refractivity contribution in [2.24, 2.45) is 0 Å². The van der Waals surface area contributed by atoms with E-state index in [-0.39, 0.29) is 18.5 Å². The summed E-state index contributed by atoms with van der Waals surface area (Å²) in [7, 11) is -3.76. The van der Waals surface area contributed by atoms with Crippen molar-refractivity contribution in [2.75, 3.05) is 17.1 Å². The minimum Gasteiger partial charge on any atom is -0.352 e. The van der Waals surface area contributed by atoms with Gasteiger partial charge in [0.1, 0.15) is 12.6 Å². The Bertz CT molecular complexity index is 1180. The van der Waals surface area contributed by atoms with Gasteiger partial charge in [-0.3, -0.25) is 13.9 Å². The number of carbonyl (C=O) groups is 2. The maximum absolute atomic E-state index is 13.6. The molecule has 0 bridgehead atoms. The van der Waals surface area contributed by atoms with E-state index in [2.05, 4.69) is 5.32 Å². The van der Waals surface area contributed by atoms with E-state index in [0.717, 1.165) is 52.9 Å². The van der Waals surface area contributed by atoms with Crippen LogP contribution in [-0.2, 0) is 26.2 Å². The van der Waals surface area contributed by atoms with Gasteiger partial charge in [-0.15, -0.1) is 0 Å². The summed E-state index contributed by atoms with van der Waals surface area (Å²) in [6.45, 7) is 5.12. The number of nitrogens with one attached hydrogen (secondary N) is 1. The highest BCUT2D eigenvalue weighted by molar-refractivity contribution is 7.92. The number of benzene rings is 2. The minimum atomic E-state index is -3.76. The van der Waals surface area contributed by atoms with Crippen LogP contribution in [0.1, 0.15) is 49.3 Å². The molecule has 190 valence electrons. The summed E-state index contributed by atoms with van der Waals surface area (Å²) in [5.74, 6) is -0.714. The SMILES string of the molecule is Cc1ccc(N(CC(=O)N(Cc2cccc(Cl)c2)C(C)C(=O)NC2CCCC2)S(C)(=O)=O)c(C)c1. The van der Waals surface area contributed by atoms with E-state index >= 15 is 0 Å². The van der Waals surface area contributed by atoms with Crippen LogP contribution in [0.25, 0.3) is 0 Å². The molecule has 0 heterocycles. The second-order valence-electron chi connectivity index (χ2n) is 9.38. The molecule has 0 aliphatic heterocycles. The Morgan fingerprint density at radius 1 is 1.11 bits per heavy atom. The topological polar surface area (TPSA) is 86.8 Å². The quantitative estimate of drug-likeness (QED) is 0.538. The molecule has 0 spiro atoms. The third-order valence-corrected chi connectivity index (χ3v) is 7.77. The first-order chi connectivity index (χ1) is 16.5. The molecule has 1 saturated carbocycles. The number of rotatable bonds is 9. The Hall–Kier alpha value is -2.58. The predicted octanol–water partition coefficient (Wildman–Crippen LogP) is 4.20. The van der Waals surface area contributed by atoms with E-state index in [1.807, 2.05) is 32.0 Å². The summed E-state index contributed by atoms with van der Waals surface area (Å²) in [5.41, 5.74) is 2.93. The van der Waals surface area contributed by atoms with Gasteiger partial charge in [0, 0.05) is 17.6 Å². The third-order valence-electron chi connectivity index (χ3n) is 6.41. The molecule has 9 heteroatoms. The Labute approximate surface area is 213 Å². The molecule has 2 aromatic rings. The van der Waals surface area contributed by atoms with Gasteiger partial charge < -0.3 is 10.2 Å². The summed E-state index contributed by atoms with van der Waals surface area (Å²) in [5, 5.41) is 3.57. The highest BCUT2D eigenvalue weighted by atomic mass is 35.5. The fraction of sp³-hybridized carbons (Fsp3) is 0.462. The number of aryl methyl sites for hydroxylation is 2. The fourth-order valence-electron chi connectivity index (χ4n) is 4.49. The van der Waals surface area contributed by atoms with Crippen molar-refractivity contribution in [3.63, 3.8) is 0 Å². The van der Waals surface area contributed by atoms with Crippen molar-refractivity contribution < 1.29 is 18.0 Å². The van der Waals surface area contributed by atoms with Crippen LogP contribution < -0.4 is 9.62 Å². The molecule has 0 saturated heterocycles. The first kappa shape index (κ1) is 27.0. The van der Waals surface area contributed by atoms with Crippen LogP contribution in [0.3, 0.4) is 0 Å². The molecule has 7 nitrogen and oxygen atoms in total. The van der Waals surface area contributed by atoms with Gasteiger partial charge in [0.2, 0.25) is 21.8 Å². The molecule has 0 radical (unpaired) electrons. The van der Waals surface area contributed by atoms with Crippen molar-refractivity contribution in [3.05, 3.63) is 64.2 Å². The van der Waals surface area contributed by atoms with Crippen LogP contribution in [-0.4, -0.2) is 50.0 Å². The van der Waals surface area contributed by atoms with Crippen LogP contribution in [0.2, 0.25) is 5.02 Å². The summed E-state index contributed by atoms with van der Waals surface area (Å²) in [6.07, 6.45) is 5.08. The molecule has 0 aromatic heterocycles. The molecule has 1 aliphatic rings. The van der Waals surface area contributed by atoms with Crippen LogP contribution in [0.15, 0.2) is 42.5 Å². The largest absolute Gasteiger partial charge is 0.352 e. The molecular formula is C26H34ClN3O4S. The molecule has 2 amide bonds. The normalized spacial score (nSPS) is 15.0. The van der Waals surface area contributed by atoms with Crippen LogP contribution in [0, 0.1) is 13.8 Å². The smallest absolute Gasteiger partial charge is 0.244 e. The van der Waals surface area contributed by atoms with Gasteiger partial charge in [-0.2, -0.15) is 0 Å². The highest BCUT2D eigenvalue weighted by Crippen LogP contribution is 2.25. The maximum atomic E-state index is 13.6. The van der Waals surface area contributed by atoms with Crippen molar-refractivity contribution in [1.29, 1.82) is 0 Å². The number of halogens is 1. The van der Waals surface area contributed by atoms with E-state index < -0.39 is 28.5 Å². The maximum Gasteiger partial charge on any atom is 0.244 e. The number of hydrogen-bond acceptors (Lipinski definition) is 4. The van der Waals surface area contributed by atoms with Crippen molar-refractivity contribution in [1.82, 2.24) is 10.2 Å². The molecular weight excluding hydrogens is 486 g/mol. The van der Waals surface area contributed by atoms with E-state index in [9.17, 15) is 18.0 Å². The van der Waals surface area contributed by atoms with Crippen LogP contribution >= 0.6 is 11.6 Å². The zero-order valence-corrected chi connectivity index (χ0v) is 22.3. The van der Waals surface area contributed by atoms with E-state index in [0.29, 0.717) is 10.7 Å². The Kier molecular flexibility index (Phi) is 8.83. The van der Waals surface area contributed by atoms with Crippen molar-refractivity contribution in [3.8, 4) is 0 Å². The lowest BCUT2D eigenvalue weighted by molar-refractivity contribution is -0.139. The Balaban J connectivity index is 1.90. The third kappa shape index (κ3) is 7.21. The fourth-order valence-corrected chi connectivity index (χ4v) is 5.61. The molecule has 1 fully saturated rings.